The Hall–Kier alpha value is -2.56. The zero-order valence-electron chi connectivity index (χ0n) is 13.8. The van der Waals surface area contributed by atoms with E-state index in [0.717, 1.165) is 16.3 Å². The molecule has 3 aromatic rings. The van der Waals surface area contributed by atoms with Crippen molar-refractivity contribution in [3.8, 4) is 0 Å². The lowest BCUT2D eigenvalue weighted by Gasteiger charge is -2.03. The van der Waals surface area contributed by atoms with Crippen LogP contribution in [0.25, 0.3) is 28.6 Å². The maximum atomic E-state index is 7.69. The van der Waals surface area contributed by atoms with Gasteiger partial charge in [-0.2, -0.15) is 0 Å². The molecule has 0 aliphatic carbocycles. The predicted molar refractivity (Wildman–Crippen MR) is 91.3 cm³/mol. The first-order valence-corrected chi connectivity index (χ1v) is 7.48. The molecule has 0 spiro atoms. The number of pyridine rings is 3. The van der Waals surface area contributed by atoms with Gasteiger partial charge >= 0.3 is 0 Å². The van der Waals surface area contributed by atoms with Crippen LogP contribution < -0.4 is 16.2 Å². The van der Waals surface area contributed by atoms with Gasteiger partial charge in [0.1, 0.15) is 16.8 Å². The summed E-state index contributed by atoms with van der Waals surface area (Å²) >= 11 is 0. The topological polar surface area (TPSA) is 89.3 Å². The summed E-state index contributed by atoms with van der Waals surface area (Å²) in [5.74, 6) is 0. The van der Waals surface area contributed by atoms with Gasteiger partial charge in [0.25, 0.3) is 0 Å². The summed E-state index contributed by atoms with van der Waals surface area (Å²) in [6.45, 7) is 13.6. The second-order valence-corrected chi connectivity index (χ2v) is 4.29. The van der Waals surface area contributed by atoms with Crippen molar-refractivity contribution in [2.45, 2.75) is 34.6 Å². The van der Waals surface area contributed by atoms with Crippen molar-refractivity contribution in [1.82, 2.24) is 15.0 Å². The number of aromatic nitrogens is 3. The number of nitrogens with one attached hydrogen (secondary N) is 3. The number of H-pyrrole nitrogens is 1. The molecule has 0 saturated carbocycles. The van der Waals surface area contributed by atoms with Gasteiger partial charge in [-0.3, -0.25) is 10.8 Å². The number of fused-ring (bicyclic) bond motifs is 2. The van der Waals surface area contributed by atoms with Crippen LogP contribution in [0.1, 0.15) is 33.3 Å². The maximum Gasteiger partial charge on any atom is 0.153 e. The molecule has 22 heavy (non-hydrogen) atoms. The van der Waals surface area contributed by atoms with E-state index < -0.39 is 0 Å². The first-order valence-electron chi connectivity index (χ1n) is 7.48. The second-order valence-electron chi connectivity index (χ2n) is 4.29. The number of nitrogens with zero attached hydrogens (tertiary/aromatic N) is 2. The van der Waals surface area contributed by atoms with Crippen LogP contribution in [0.3, 0.4) is 0 Å². The van der Waals surface area contributed by atoms with Crippen molar-refractivity contribution >= 4 is 28.6 Å². The van der Waals surface area contributed by atoms with Crippen molar-refractivity contribution in [2.24, 2.45) is 0 Å². The van der Waals surface area contributed by atoms with Gasteiger partial charge in [-0.25, -0.2) is 9.97 Å². The van der Waals surface area contributed by atoms with E-state index in [1.807, 2.05) is 52.8 Å². The first kappa shape index (κ1) is 17.5. The first-order chi connectivity index (χ1) is 10.5. The molecule has 5 heteroatoms. The van der Waals surface area contributed by atoms with Crippen molar-refractivity contribution < 1.29 is 0 Å². The molecule has 116 valence electrons. The Morgan fingerprint density at radius 2 is 1.36 bits per heavy atom. The fourth-order valence-electron chi connectivity index (χ4n) is 1.91. The number of aromatic amines is 1. The lowest BCUT2D eigenvalue weighted by molar-refractivity contribution is 1.06. The van der Waals surface area contributed by atoms with Gasteiger partial charge in [-0.05, 0) is 30.7 Å². The molecule has 3 aromatic heterocycles. The average Bonchev–Trinajstić information content (AvgIpc) is 2.52. The smallest absolute Gasteiger partial charge is 0.153 e. The highest BCUT2D eigenvalue weighted by Crippen LogP contribution is 2.14. The second kappa shape index (κ2) is 7.45. The van der Waals surface area contributed by atoms with Crippen molar-refractivity contribution in [3.63, 3.8) is 0 Å². The lowest BCUT2D eigenvalue weighted by atomic mass is 10.2. The number of rotatable bonds is 0. The summed E-state index contributed by atoms with van der Waals surface area (Å²) < 4.78 is 0. The van der Waals surface area contributed by atoms with Crippen LogP contribution in [-0.4, -0.2) is 15.0 Å². The molecule has 3 rings (SSSR count). The SMILES string of the molecule is C=c1cc2cc3cc(C)c(=N)nc3[nH]c2nc1=N.CC.CC. The summed E-state index contributed by atoms with van der Waals surface area (Å²) in [5.41, 5.74) is 2.43. The minimum Gasteiger partial charge on any atom is -0.324 e. The van der Waals surface area contributed by atoms with Gasteiger partial charge < -0.3 is 4.98 Å². The fourth-order valence-corrected chi connectivity index (χ4v) is 1.91. The minimum atomic E-state index is 0.149. The molecular formula is C17H23N5. The van der Waals surface area contributed by atoms with Gasteiger partial charge in [-0.15, -0.1) is 0 Å². The van der Waals surface area contributed by atoms with Gasteiger partial charge in [0.05, 0.1) is 0 Å². The van der Waals surface area contributed by atoms with Gasteiger partial charge in [-0.1, -0.05) is 34.3 Å². The van der Waals surface area contributed by atoms with Gasteiger partial charge in [0.15, 0.2) is 5.49 Å². The highest BCUT2D eigenvalue weighted by molar-refractivity contribution is 5.89. The number of hydrogen-bond donors (Lipinski definition) is 3. The maximum absolute atomic E-state index is 7.69. The molecule has 0 unspecified atom stereocenters. The van der Waals surface area contributed by atoms with Crippen LogP contribution in [0.15, 0.2) is 18.2 Å². The number of aryl methyl sites for hydroxylation is 1. The Morgan fingerprint density at radius 1 is 0.864 bits per heavy atom. The molecule has 0 radical (unpaired) electrons. The predicted octanol–water partition coefficient (Wildman–Crippen LogP) is 2.56. The largest absolute Gasteiger partial charge is 0.324 e. The molecule has 5 nitrogen and oxygen atoms in total. The van der Waals surface area contributed by atoms with E-state index in [2.05, 4.69) is 21.5 Å². The van der Waals surface area contributed by atoms with E-state index in [-0.39, 0.29) is 11.0 Å². The third-order valence-corrected chi connectivity index (χ3v) is 2.92. The quantitative estimate of drug-likeness (QED) is 0.557. The minimum absolute atomic E-state index is 0.149. The zero-order valence-corrected chi connectivity index (χ0v) is 13.8. The van der Waals surface area contributed by atoms with Crippen molar-refractivity contribution in [3.05, 3.63) is 40.0 Å². The Labute approximate surface area is 129 Å². The normalized spacial score (nSPS) is 9.68. The monoisotopic (exact) mass is 297 g/mol. The zero-order chi connectivity index (χ0) is 16.9. The van der Waals surface area contributed by atoms with E-state index >= 15 is 0 Å². The van der Waals surface area contributed by atoms with Crippen LogP contribution in [0.2, 0.25) is 0 Å². The third kappa shape index (κ3) is 3.36. The standard InChI is InChI=1S/C13H11N5.2C2H6/c1-6-3-8-5-9-4-7(2)11(15)17-13(9)18-12(8)16-10(6)14;2*1-2/h3-5H,1H2,2H3,(H3,14,15,16,17,18);2*1-2H3. The summed E-state index contributed by atoms with van der Waals surface area (Å²) in [7, 11) is 0. The van der Waals surface area contributed by atoms with Crippen LogP contribution in [-0.2, 0) is 0 Å². The van der Waals surface area contributed by atoms with Crippen LogP contribution >= 0.6 is 0 Å². The van der Waals surface area contributed by atoms with E-state index in [1.54, 1.807) is 0 Å². The molecule has 0 fully saturated rings. The van der Waals surface area contributed by atoms with E-state index in [0.29, 0.717) is 16.5 Å². The molecular weight excluding hydrogens is 274 g/mol. The van der Waals surface area contributed by atoms with Crippen LogP contribution in [0, 0.1) is 17.7 Å². The number of hydrogen-bond acceptors (Lipinski definition) is 4. The van der Waals surface area contributed by atoms with E-state index in [9.17, 15) is 0 Å². The van der Waals surface area contributed by atoms with Crippen LogP contribution in [0.5, 0.6) is 0 Å². The third-order valence-electron chi connectivity index (χ3n) is 2.92. The highest BCUT2D eigenvalue weighted by Gasteiger charge is 2.02. The summed E-state index contributed by atoms with van der Waals surface area (Å²) in [6, 6.07) is 5.68. The molecule has 3 heterocycles. The highest BCUT2D eigenvalue weighted by atomic mass is 14.9. The molecule has 0 saturated heterocycles. The summed E-state index contributed by atoms with van der Waals surface area (Å²) in [5, 5.41) is 17.7. The van der Waals surface area contributed by atoms with Crippen LogP contribution in [0.4, 0.5) is 0 Å². The molecule has 0 bridgehead atoms. The summed E-state index contributed by atoms with van der Waals surface area (Å²) in [6.07, 6.45) is 0. The molecule has 3 N–H and O–H groups in total. The molecule has 0 aliphatic rings. The summed E-state index contributed by atoms with van der Waals surface area (Å²) in [4.78, 5) is 11.4. The van der Waals surface area contributed by atoms with Gasteiger partial charge in [0.2, 0.25) is 0 Å². The van der Waals surface area contributed by atoms with Crippen molar-refractivity contribution in [2.75, 3.05) is 0 Å². The Bertz CT molecular complexity index is 941. The molecule has 0 aromatic carbocycles. The van der Waals surface area contributed by atoms with E-state index in [4.69, 9.17) is 10.8 Å². The van der Waals surface area contributed by atoms with Gasteiger partial charge in [0, 0.05) is 16.0 Å². The van der Waals surface area contributed by atoms with E-state index in [1.165, 1.54) is 0 Å². The molecule has 0 atom stereocenters. The Morgan fingerprint density at radius 3 is 1.95 bits per heavy atom. The lowest BCUT2D eigenvalue weighted by Crippen LogP contribution is -2.25. The molecule has 0 aliphatic heterocycles. The molecule has 0 amide bonds. The Balaban J connectivity index is 0.000000561. The van der Waals surface area contributed by atoms with Crippen molar-refractivity contribution in [1.29, 1.82) is 10.8 Å². The fraction of sp³-hybridized carbons (Fsp3) is 0.294. The Kier molecular flexibility index (Phi) is 5.92. The average molecular weight is 297 g/mol.